The Kier molecular flexibility index (Phi) is 4.13. The highest BCUT2D eigenvalue weighted by atomic mass is 16.5. The molecule has 0 saturated heterocycles. The molecular weight excluding hydrogens is 242 g/mol. The first-order valence-corrected chi connectivity index (χ1v) is 5.89. The maximum atomic E-state index is 10.7. The van der Waals surface area contributed by atoms with Gasteiger partial charge in [0.15, 0.2) is 11.5 Å². The van der Waals surface area contributed by atoms with E-state index < -0.39 is 0 Å². The third kappa shape index (κ3) is 3.31. The second-order valence-electron chi connectivity index (χ2n) is 4.19. The summed E-state index contributed by atoms with van der Waals surface area (Å²) in [5.74, 6) is 1.15. The van der Waals surface area contributed by atoms with E-state index in [1.807, 2.05) is 13.0 Å². The fourth-order valence-corrected chi connectivity index (χ4v) is 1.73. The van der Waals surface area contributed by atoms with Gasteiger partial charge in [0.25, 0.3) is 0 Å². The first kappa shape index (κ1) is 13.1. The van der Waals surface area contributed by atoms with E-state index in [1.54, 1.807) is 37.7 Å². The third-order valence-corrected chi connectivity index (χ3v) is 2.65. The molecule has 0 amide bonds. The van der Waals surface area contributed by atoms with Gasteiger partial charge in [0.1, 0.15) is 12.9 Å². The summed E-state index contributed by atoms with van der Waals surface area (Å²) in [6, 6.07) is 7.08. The molecule has 0 unspecified atom stereocenters. The molecule has 0 radical (unpaired) electrons. The molecule has 0 aliphatic rings. The number of nitrogens with zero attached hydrogens (tertiary/aromatic N) is 1. The quantitative estimate of drug-likeness (QED) is 0.773. The van der Waals surface area contributed by atoms with Crippen LogP contribution in [0.1, 0.15) is 21.5 Å². The Bertz CT molecular complexity index is 581. The van der Waals surface area contributed by atoms with E-state index in [9.17, 15) is 4.79 Å². The van der Waals surface area contributed by atoms with Crippen molar-refractivity contribution in [2.45, 2.75) is 13.5 Å². The number of pyridine rings is 1. The van der Waals surface area contributed by atoms with Crippen LogP contribution in [0.15, 0.2) is 36.7 Å². The highest BCUT2D eigenvalue weighted by molar-refractivity contribution is 5.76. The van der Waals surface area contributed by atoms with Crippen LogP contribution >= 0.6 is 0 Å². The van der Waals surface area contributed by atoms with E-state index in [4.69, 9.17) is 9.47 Å². The fourth-order valence-electron chi connectivity index (χ4n) is 1.73. The Labute approximate surface area is 112 Å². The van der Waals surface area contributed by atoms with E-state index in [1.165, 1.54) is 0 Å². The maximum absolute atomic E-state index is 10.7. The Morgan fingerprint density at radius 3 is 2.74 bits per heavy atom. The largest absolute Gasteiger partial charge is 0.493 e. The lowest BCUT2D eigenvalue weighted by atomic mass is 10.2. The van der Waals surface area contributed by atoms with E-state index in [2.05, 4.69) is 4.98 Å². The molecule has 0 aliphatic carbocycles. The molecule has 2 aromatic rings. The molecule has 98 valence electrons. The molecule has 0 N–H and O–H groups in total. The lowest BCUT2D eigenvalue weighted by Gasteiger charge is -2.11. The van der Waals surface area contributed by atoms with Crippen LogP contribution in [0.3, 0.4) is 0 Å². The van der Waals surface area contributed by atoms with E-state index >= 15 is 0 Å². The number of aryl methyl sites for hydroxylation is 1. The van der Waals surface area contributed by atoms with Gasteiger partial charge in [-0.25, -0.2) is 0 Å². The number of hydrogen-bond donors (Lipinski definition) is 0. The second-order valence-corrected chi connectivity index (χ2v) is 4.19. The van der Waals surface area contributed by atoms with Crippen LogP contribution in [0.5, 0.6) is 11.5 Å². The summed E-state index contributed by atoms with van der Waals surface area (Å²) >= 11 is 0. The molecule has 0 bridgehead atoms. The van der Waals surface area contributed by atoms with Crippen molar-refractivity contribution in [2.75, 3.05) is 7.11 Å². The molecular formula is C15H15NO3. The monoisotopic (exact) mass is 257 g/mol. The Morgan fingerprint density at radius 2 is 2.05 bits per heavy atom. The molecule has 19 heavy (non-hydrogen) atoms. The summed E-state index contributed by atoms with van der Waals surface area (Å²) in [5, 5.41) is 0. The van der Waals surface area contributed by atoms with Gasteiger partial charge in [-0.2, -0.15) is 0 Å². The minimum Gasteiger partial charge on any atom is -0.493 e. The van der Waals surface area contributed by atoms with Crippen molar-refractivity contribution in [3.8, 4) is 11.5 Å². The van der Waals surface area contributed by atoms with Gasteiger partial charge in [-0.05, 0) is 36.8 Å². The molecule has 1 aromatic heterocycles. The van der Waals surface area contributed by atoms with Crippen LogP contribution in [0.4, 0.5) is 0 Å². The number of carbonyl (C=O) groups excluding carboxylic acids is 1. The molecule has 1 heterocycles. The molecule has 0 spiro atoms. The van der Waals surface area contributed by atoms with Gasteiger partial charge in [0.2, 0.25) is 0 Å². The summed E-state index contributed by atoms with van der Waals surface area (Å²) < 4.78 is 10.9. The molecule has 0 atom stereocenters. The average molecular weight is 257 g/mol. The standard InChI is InChI=1S/C15H15NO3/c1-11-5-13(8-16-7-11)10-19-14-4-3-12(9-17)6-15(14)18-2/h3-9H,10H2,1-2H3. The zero-order valence-corrected chi connectivity index (χ0v) is 10.9. The fraction of sp³-hybridized carbons (Fsp3) is 0.200. The number of methoxy groups -OCH3 is 1. The summed E-state index contributed by atoms with van der Waals surface area (Å²) in [5.41, 5.74) is 2.63. The van der Waals surface area contributed by atoms with Crippen molar-refractivity contribution >= 4 is 6.29 Å². The van der Waals surface area contributed by atoms with Crippen LogP contribution in [0.25, 0.3) is 0 Å². The number of ether oxygens (including phenoxy) is 2. The van der Waals surface area contributed by atoms with Crippen molar-refractivity contribution in [2.24, 2.45) is 0 Å². The van der Waals surface area contributed by atoms with Gasteiger partial charge in [0.05, 0.1) is 7.11 Å². The number of benzene rings is 1. The van der Waals surface area contributed by atoms with Crippen LogP contribution < -0.4 is 9.47 Å². The predicted molar refractivity (Wildman–Crippen MR) is 71.7 cm³/mol. The van der Waals surface area contributed by atoms with Crippen LogP contribution in [0.2, 0.25) is 0 Å². The number of carbonyl (C=O) groups is 1. The van der Waals surface area contributed by atoms with Gasteiger partial charge in [0, 0.05) is 23.5 Å². The van der Waals surface area contributed by atoms with Crippen molar-refractivity contribution in [1.82, 2.24) is 4.98 Å². The second kappa shape index (κ2) is 6.00. The normalized spacial score (nSPS) is 10.0. The molecule has 0 aliphatic heterocycles. The number of hydrogen-bond acceptors (Lipinski definition) is 4. The summed E-state index contributed by atoms with van der Waals surface area (Å²) in [6.07, 6.45) is 4.33. The average Bonchev–Trinajstić information content (AvgIpc) is 2.45. The van der Waals surface area contributed by atoms with Crippen molar-refractivity contribution in [3.63, 3.8) is 0 Å². The van der Waals surface area contributed by atoms with Gasteiger partial charge < -0.3 is 9.47 Å². The van der Waals surface area contributed by atoms with E-state index in [0.29, 0.717) is 23.7 Å². The van der Waals surface area contributed by atoms with E-state index in [-0.39, 0.29) is 0 Å². The van der Waals surface area contributed by atoms with Crippen molar-refractivity contribution in [1.29, 1.82) is 0 Å². The lowest BCUT2D eigenvalue weighted by molar-refractivity contribution is 0.112. The first-order valence-electron chi connectivity index (χ1n) is 5.89. The highest BCUT2D eigenvalue weighted by Crippen LogP contribution is 2.28. The predicted octanol–water partition coefficient (Wildman–Crippen LogP) is 2.79. The van der Waals surface area contributed by atoms with Crippen LogP contribution in [-0.4, -0.2) is 18.4 Å². The minimum atomic E-state index is 0.408. The number of aldehydes is 1. The van der Waals surface area contributed by atoms with Gasteiger partial charge in [-0.3, -0.25) is 9.78 Å². The van der Waals surface area contributed by atoms with Crippen LogP contribution in [-0.2, 0) is 6.61 Å². The summed E-state index contributed by atoms with van der Waals surface area (Å²) in [6.45, 7) is 2.39. The number of aromatic nitrogens is 1. The van der Waals surface area contributed by atoms with Gasteiger partial charge in [-0.15, -0.1) is 0 Å². The minimum absolute atomic E-state index is 0.408. The topological polar surface area (TPSA) is 48.4 Å². The van der Waals surface area contributed by atoms with Crippen molar-refractivity contribution in [3.05, 3.63) is 53.3 Å². The number of rotatable bonds is 5. The molecule has 0 fully saturated rings. The summed E-state index contributed by atoms with van der Waals surface area (Å²) in [4.78, 5) is 14.8. The van der Waals surface area contributed by atoms with E-state index in [0.717, 1.165) is 17.4 Å². The highest BCUT2D eigenvalue weighted by Gasteiger charge is 2.06. The Hall–Kier alpha value is -2.36. The Balaban J connectivity index is 2.13. The zero-order valence-electron chi connectivity index (χ0n) is 10.9. The zero-order chi connectivity index (χ0) is 13.7. The smallest absolute Gasteiger partial charge is 0.161 e. The molecule has 4 heteroatoms. The van der Waals surface area contributed by atoms with Crippen LogP contribution in [0, 0.1) is 6.92 Å². The lowest BCUT2D eigenvalue weighted by Crippen LogP contribution is -1.99. The van der Waals surface area contributed by atoms with Crippen molar-refractivity contribution < 1.29 is 14.3 Å². The SMILES string of the molecule is COc1cc(C=O)ccc1OCc1cncc(C)c1. The first-order chi connectivity index (χ1) is 9.22. The molecule has 2 rings (SSSR count). The van der Waals surface area contributed by atoms with Gasteiger partial charge >= 0.3 is 0 Å². The van der Waals surface area contributed by atoms with Gasteiger partial charge in [-0.1, -0.05) is 0 Å². The molecule has 1 aromatic carbocycles. The Morgan fingerprint density at radius 1 is 1.21 bits per heavy atom. The third-order valence-electron chi connectivity index (χ3n) is 2.65. The molecule has 0 saturated carbocycles. The summed E-state index contributed by atoms with van der Waals surface area (Å²) in [7, 11) is 1.55. The molecule has 4 nitrogen and oxygen atoms in total. The maximum Gasteiger partial charge on any atom is 0.161 e.